The first-order valence-electron chi connectivity index (χ1n) is 15.3. The molecular weight excluding hydrogens is 582 g/mol. The van der Waals surface area contributed by atoms with E-state index in [-0.39, 0.29) is 0 Å². The number of fused-ring (bicyclic) bond motifs is 3. The molecule has 0 N–H and O–H groups in total. The van der Waals surface area contributed by atoms with Gasteiger partial charge >= 0.3 is 0 Å². The summed E-state index contributed by atoms with van der Waals surface area (Å²) in [5, 5.41) is 8.60. The van der Waals surface area contributed by atoms with Gasteiger partial charge in [-0.1, -0.05) is 169 Å². The highest BCUT2D eigenvalue weighted by atomic mass is 35.5. The summed E-state index contributed by atoms with van der Waals surface area (Å²) in [5.74, 6) is 0. The lowest BCUT2D eigenvalue weighted by atomic mass is 10.1. The first-order chi connectivity index (χ1) is 22.2. The zero-order valence-electron chi connectivity index (χ0n) is 24.6. The van der Waals surface area contributed by atoms with Crippen LogP contribution in [-0.4, -0.2) is 12.6 Å². The fourth-order valence-electron chi connectivity index (χ4n) is 7.06. The van der Waals surface area contributed by atoms with Gasteiger partial charge in [0.1, 0.15) is 0 Å². The number of nitrogens with zero attached hydrogens (tertiary/aromatic N) is 1. The number of aromatic nitrogens is 1. The summed E-state index contributed by atoms with van der Waals surface area (Å²) in [4.78, 5) is 0. The van der Waals surface area contributed by atoms with Gasteiger partial charge in [-0.2, -0.15) is 0 Å². The van der Waals surface area contributed by atoms with Gasteiger partial charge in [0.2, 0.25) is 0 Å². The number of halogens is 1. The quantitative estimate of drug-likeness (QED) is 0.131. The molecule has 0 atom stereocenters. The van der Waals surface area contributed by atoms with Crippen LogP contribution < -0.4 is 20.7 Å². The Morgan fingerprint density at radius 3 is 1.38 bits per heavy atom. The van der Waals surface area contributed by atoms with Gasteiger partial charge in [-0.15, -0.1) is 0 Å². The van der Waals surface area contributed by atoms with Gasteiger partial charge in [-0.25, -0.2) is 0 Å². The van der Waals surface area contributed by atoms with Crippen LogP contribution in [-0.2, 0) is 0 Å². The molecule has 0 saturated carbocycles. The molecule has 0 aliphatic heterocycles. The van der Waals surface area contributed by atoms with E-state index in [9.17, 15) is 0 Å². The second kappa shape index (κ2) is 11.4. The average molecular weight is 612 g/mol. The zero-order valence-corrected chi connectivity index (χ0v) is 26.4. The monoisotopic (exact) mass is 611 g/mol. The van der Waals surface area contributed by atoms with E-state index in [1.807, 2.05) is 0 Å². The summed E-state index contributed by atoms with van der Waals surface area (Å²) >= 11 is 7.20. The third kappa shape index (κ3) is 4.53. The summed E-state index contributed by atoms with van der Waals surface area (Å²) in [6, 6.07) is 65.8. The van der Waals surface area contributed by atoms with Crippen molar-refractivity contribution in [2.75, 3.05) is 0 Å². The van der Waals surface area contributed by atoms with Gasteiger partial charge in [0.15, 0.2) is 8.07 Å². The second-order valence-corrected chi connectivity index (χ2v) is 15.7. The minimum atomic E-state index is -2.64. The molecule has 0 saturated heterocycles. The predicted molar refractivity (Wildman–Crippen MR) is 195 cm³/mol. The zero-order chi connectivity index (χ0) is 30.2. The van der Waals surface area contributed by atoms with E-state index in [2.05, 4.69) is 187 Å². The molecule has 8 rings (SSSR count). The van der Waals surface area contributed by atoms with E-state index in [4.69, 9.17) is 11.6 Å². The minimum Gasteiger partial charge on any atom is -0.309 e. The number of hydrogen-bond acceptors (Lipinski definition) is 0. The van der Waals surface area contributed by atoms with Gasteiger partial charge in [-0.3, -0.25) is 0 Å². The van der Waals surface area contributed by atoms with Crippen molar-refractivity contribution in [2.24, 2.45) is 0 Å². The van der Waals surface area contributed by atoms with Crippen molar-refractivity contribution in [1.29, 1.82) is 0 Å². The van der Waals surface area contributed by atoms with Gasteiger partial charge in [0.05, 0.1) is 16.1 Å². The highest BCUT2D eigenvalue weighted by Gasteiger charge is 2.41. The van der Waals surface area contributed by atoms with E-state index in [0.717, 1.165) is 21.8 Å². The maximum absolute atomic E-state index is 7.20. The molecule has 0 radical (unpaired) electrons. The third-order valence-corrected chi connectivity index (χ3v) is 14.1. The van der Waals surface area contributed by atoms with Gasteiger partial charge < -0.3 is 4.57 Å². The van der Waals surface area contributed by atoms with Crippen LogP contribution in [0.4, 0.5) is 0 Å². The summed E-state index contributed by atoms with van der Waals surface area (Å²) in [5.41, 5.74) is 5.55. The lowest BCUT2D eigenvalue weighted by molar-refractivity contribution is 1.18. The molecule has 0 bridgehead atoms. The highest BCUT2D eigenvalue weighted by molar-refractivity contribution is 7.19. The van der Waals surface area contributed by atoms with Crippen molar-refractivity contribution in [1.82, 2.24) is 4.57 Å². The molecule has 0 fully saturated rings. The fraction of sp³-hybridized carbons (Fsp3) is 0. The maximum Gasteiger partial charge on any atom is 0.179 e. The Bertz CT molecular complexity index is 2120. The smallest absolute Gasteiger partial charge is 0.179 e. The first kappa shape index (κ1) is 27.4. The number of hydrogen-bond donors (Lipinski definition) is 0. The van der Waals surface area contributed by atoms with Crippen molar-refractivity contribution < 1.29 is 0 Å². The molecule has 1 nitrogen and oxygen atoms in total. The van der Waals surface area contributed by atoms with Crippen molar-refractivity contribution in [2.45, 2.75) is 0 Å². The van der Waals surface area contributed by atoms with Crippen LogP contribution in [0, 0.1) is 0 Å². The van der Waals surface area contributed by atoms with Crippen LogP contribution in [0.15, 0.2) is 182 Å². The molecule has 0 aliphatic rings. The summed E-state index contributed by atoms with van der Waals surface area (Å²) in [6.45, 7) is 0. The SMILES string of the molecule is Clc1cc(-n2c3ccccc3c3ccccc32)ccc1-c1cccc([Si](c2ccccc2)(c2ccccc2)c2ccccc2)c1. The van der Waals surface area contributed by atoms with Crippen molar-refractivity contribution >= 4 is 62.2 Å². The fourth-order valence-corrected chi connectivity index (χ4v) is 12.1. The number of rotatable bonds is 6. The van der Waals surface area contributed by atoms with Crippen LogP contribution in [0.5, 0.6) is 0 Å². The van der Waals surface area contributed by atoms with E-state index in [1.165, 1.54) is 42.6 Å². The molecule has 7 aromatic carbocycles. The van der Waals surface area contributed by atoms with Gasteiger partial charge in [0.25, 0.3) is 0 Å². The summed E-state index contributed by atoms with van der Waals surface area (Å²) in [7, 11) is -2.64. The molecule has 0 amide bonds. The molecule has 214 valence electrons. The van der Waals surface area contributed by atoms with Crippen LogP contribution in [0.3, 0.4) is 0 Å². The summed E-state index contributed by atoms with van der Waals surface area (Å²) < 4.78 is 2.31. The topological polar surface area (TPSA) is 4.93 Å². The van der Waals surface area contributed by atoms with Crippen LogP contribution in [0.25, 0.3) is 38.6 Å². The Morgan fingerprint density at radius 1 is 0.400 bits per heavy atom. The minimum absolute atomic E-state index is 0.734. The second-order valence-electron chi connectivity index (χ2n) is 11.5. The molecular formula is C42H30ClNSi. The molecule has 1 heterocycles. The third-order valence-electron chi connectivity index (χ3n) is 9.02. The highest BCUT2D eigenvalue weighted by Crippen LogP contribution is 2.35. The van der Waals surface area contributed by atoms with Crippen molar-refractivity contribution in [3.8, 4) is 16.8 Å². The molecule has 0 unspecified atom stereocenters. The maximum atomic E-state index is 7.20. The van der Waals surface area contributed by atoms with Crippen molar-refractivity contribution in [3.63, 3.8) is 0 Å². The Morgan fingerprint density at radius 2 is 0.867 bits per heavy atom. The van der Waals surface area contributed by atoms with E-state index in [0.29, 0.717) is 0 Å². The number of para-hydroxylation sites is 2. The van der Waals surface area contributed by atoms with E-state index < -0.39 is 8.07 Å². The lowest BCUT2D eigenvalue weighted by Gasteiger charge is -2.34. The molecule has 45 heavy (non-hydrogen) atoms. The van der Waals surface area contributed by atoms with Gasteiger partial charge in [-0.05, 0) is 50.6 Å². The van der Waals surface area contributed by atoms with Gasteiger partial charge in [0, 0.05) is 22.0 Å². The largest absolute Gasteiger partial charge is 0.309 e. The predicted octanol–water partition coefficient (Wildman–Crippen LogP) is 8.48. The normalized spacial score (nSPS) is 11.7. The molecule has 3 heteroatoms. The van der Waals surface area contributed by atoms with Crippen molar-refractivity contribution in [3.05, 3.63) is 187 Å². The van der Waals surface area contributed by atoms with Crippen LogP contribution >= 0.6 is 11.6 Å². The molecule has 0 spiro atoms. The Kier molecular flexibility index (Phi) is 6.94. The van der Waals surface area contributed by atoms with E-state index in [1.54, 1.807) is 0 Å². The Labute approximate surface area is 269 Å². The lowest BCUT2D eigenvalue weighted by Crippen LogP contribution is -2.74. The molecule has 8 aromatic rings. The Hall–Kier alpha value is -5.15. The molecule has 0 aliphatic carbocycles. The van der Waals surface area contributed by atoms with Crippen LogP contribution in [0.1, 0.15) is 0 Å². The standard InChI is InChI=1S/C42H30ClNSi/c43-40-30-32(44-41-25-12-10-23-38(41)39-24-11-13-26-42(39)44)27-28-37(40)31-15-14-22-36(29-31)45(33-16-4-1-5-17-33,34-18-6-2-7-19-34)35-20-8-3-9-21-35/h1-30H. The first-order valence-corrected chi connectivity index (χ1v) is 17.7. The number of benzene rings is 7. The molecule has 1 aromatic heterocycles. The average Bonchev–Trinajstić information content (AvgIpc) is 3.45. The Balaban J connectivity index is 1.31. The summed E-state index contributed by atoms with van der Waals surface area (Å²) in [6.07, 6.45) is 0. The van der Waals surface area contributed by atoms with Crippen LogP contribution in [0.2, 0.25) is 5.02 Å². The van der Waals surface area contributed by atoms with E-state index >= 15 is 0 Å².